The molecule has 2 aliphatic rings. The maximum atomic E-state index is 12.9. The summed E-state index contributed by atoms with van der Waals surface area (Å²) in [6, 6.07) is 0. The van der Waals surface area contributed by atoms with E-state index >= 15 is 0 Å². The fourth-order valence-electron chi connectivity index (χ4n) is 6.54. The van der Waals surface area contributed by atoms with Crippen LogP contribution in [0, 0.1) is 0 Å². The molecule has 0 aromatic heterocycles. The summed E-state index contributed by atoms with van der Waals surface area (Å²) in [6.07, 6.45) is 16.1. The van der Waals surface area contributed by atoms with Crippen molar-refractivity contribution >= 4 is 11.9 Å². The third-order valence-corrected chi connectivity index (χ3v) is 10.2. The van der Waals surface area contributed by atoms with Gasteiger partial charge in [0.1, 0.15) is 55.4 Å². The molecule has 0 aromatic carbocycles. The summed E-state index contributed by atoms with van der Waals surface area (Å²) < 4.78 is 33.3. The summed E-state index contributed by atoms with van der Waals surface area (Å²) >= 11 is 0. The Morgan fingerprint density at radius 1 is 0.583 bits per heavy atom. The van der Waals surface area contributed by atoms with Crippen LogP contribution in [0.25, 0.3) is 0 Å². The highest BCUT2D eigenvalue weighted by Crippen LogP contribution is 2.26. The van der Waals surface area contributed by atoms with Crippen molar-refractivity contribution in [2.24, 2.45) is 0 Å². The number of carbonyl (C=O) groups is 2. The number of aliphatic hydroxyl groups excluding tert-OH is 7. The molecular weight excluding hydrogens is 780 g/mol. The molecule has 0 aliphatic carbocycles. The normalized spacial score (nSPS) is 27.9. The second kappa shape index (κ2) is 32.9. The maximum Gasteiger partial charge on any atom is 0.306 e. The molecule has 0 unspecified atom stereocenters. The number of carbonyl (C=O) groups excluding carboxylic acids is 2. The van der Waals surface area contributed by atoms with Crippen LogP contribution in [0.15, 0.2) is 61.3 Å². The minimum atomic E-state index is -1.77. The summed E-state index contributed by atoms with van der Waals surface area (Å²) in [5.74, 6) is -0.977. The summed E-state index contributed by atoms with van der Waals surface area (Å²) in [5, 5.41) is 71.8. The van der Waals surface area contributed by atoms with Crippen LogP contribution in [0.4, 0.5) is 0 Å². The van der Waals surface area contributed by atoms with Gasteiger partial charge in [0, 0.05) is 12.8 Å². The number of rotatable bonds is 32. The number of esters is 2. The molecule has 15 nitrogen and oxygen atoms in total. The van der Waals surface area contributed by atoms with Crippen LogP contribution >= 0.6 is 0 Å². The Balaban J connectivity index is 1.88. The standard InChI is InChI=1S/C45H74O15/c1-3-5-7-9-11-13-15-16-18-19-21-23-25-27-36(47)55-30-33(58-37(48)28-26-24-22-20-17-14-12-10-8-6-4-2)31-56-44-43(54)41(52)39(50)35(60-44)32-57-45-42(53)40(51)38(49)34(29-46)59-45/h3-4,6-7,9-10,12-13,15,33-35,38-46,49-54H,1,5,8,11,14,16-32H2,2H3/b6-4-,9-7-,12-10+,15-13-/t33-,34-,35-,38+,39+,40+,41+,42-,43-,44-,45+/m1/s1. The molecule has 0 aromatic rings. The minimum absolute atomic E-state index is 0.140. The van der Waals surface area contributed by atoms with Gasteiger partial charge < -0.3 is 64.2 Å². The predicted octanol–water partition coefficient (Wildman–Crippen LogP) is 4.14. The molecule has 15 heteroatoms. The number of unbranched alkanes of at least 4 members (excludes halogenated alkanes) is 10. The average Bonchev–Trinajstić information content (AvgIpc) is 3.24. The van der Waals surface area contributed by atoms with Crippen molar-refractivity contribution < 1.29 is 73.8 Å². The van der Waals surface area contributed by atoms with Crippen molar-refractivity contribution in [3.05, 3.63) is 61.3 Å². The largest absolute Gasteiger partial charge is 0.462 e. The molecular formula is C45H74O15. The van der Waals surface area contributed by atoms with E-state index in [1.54, 1.807) is 0 Å². The Bertz CT molecular complexity index is 1270. The molecule has 60 heavy (non-hydrogen) atoms. The lowest BCUT2D eigenvalue weighted by Gasteiger charge is -2.42. The van der Waals surface area contributed by atoms with Crippen LogP contribution in [0.1, 0.15) is 116 Å². The van der Waals surface area contributed by atoms with Gasteiger partial charge in [0.2, 0.25) is 0 Å². The van der Waals surface area contributed by atoms with E-state index in [1.165, 1.54) is 0 Å². The molecule has 7 N–H and O–H groups in total. The van der Waals surface area contributed by atoms with Gasteiger partial charge in [-0.2, -0.15) is 0 Å². The first-order chi connectivity index (χ1) is 29.0. The van der Waals surface area contributed by atoms with Gasteiger partial charge in [0.25, 0.3) is 0 Å². The van der Waals surface area contributed by atoms with Gasteiger partial charge in [-0.05, 0) is 64.7 Å². The second-order valence-electron chi connectivity index (χ2n) is 15.3. The number of hydrogen-bond acceptors (Lipinski definition) is 15. The fraction of sp³-hybridized carbons (Fsp3) is 0.733. The molecule has 11 atom stereocenters. The van der Waals surface area contributed by atoms with Crippen LogP contribution < -0.4 is 0 Å². The molecule has 2 heterocycles. The first kappa shape index (κ1) is 53.3. The zero-order chi connectivity index (χ0) is 44.0. The zero-order valence-electron chi connectivity index (χ0n) is 35.5. The molecule has 2 saturated heterocycles. The second-order valence-corrected chi connectivity index (χ2v) is 15.3. The predicted molar refractivity (Wildman–Crippen MR) is 224 cm³/mol. The van der Waals surface area contributed by atoms with Crippen LogP contribution in [0.2, 0.25) is 0 Å². The molecule has 0 bridgehead atoms. The molecule has 0 saturated carbocycles. The summed E-state index contributed by atoms with van der Waals surface area (Å²) in [7, 11) is 0. The Labute approximate surface area is 356 Å². The van der Waals surface area contributed by atoms with E-state index in [9.17, 15) is 45.3 Å². The molecule has 2 fully saturated rings. The molecule has 0 amide bonds. The lowest BCUT2D eigenvalue weighted by molar-refractivity contribution is -0.332. The highest BCUT2D eigenvalue weighted by Gasteiger charge is 2.47. The maximum absolute atomic E-state index is 12.9. The minimum Gasteiger partial charge on any atom is -0.462 e. The van der Waals surface area contributed by atoms with E-state index in [4.69, 9.17) is 28.4 Å². The Morgan fingerprint density at radius 3 is 1.68 bits per heavy atom. The lowest BCUT2D eigenvalue weighted by atomic mass is 9.98. The van der Waals surface area contributed by atoms with E-state index < -0.39 is 99.3 Å². The SMILES string of the molecule is C=CC/C=C\C/C=C\CCCCCCCC(=O)OC[C@H](CO[C@@H]1O[C@H](CO[C@H]2O[C@H](CO)[C@H](O)[C@H](O)[C@H]2O)[C@H](O)[C@H](O)[C@H]1O)OC(=O)CCCCCCC/C=C/C/C=C\C. The number of allylic oxidation sites excluding steroid dienone is 9. The van der Waals surface area contributed by atoms with E-state index in [-0.39, 0.29) is 19.4 Å². The van der Waals surface area contributed by atoms with E-state index in [0.29, 0.717) is 12.8 Å². The third kappa shape index (κ3) is 21.8. The van der Waals surface area contributed by atoms with Crippen LogP contribution in [-0.4, -0.2) is 142 Å². The lowest BCUT2D eigenvalue weighted by Crippen LogP contribution is -2.61. The van der Waals surface area contributed by atoms with E-state index in [0.717, 1.165) is 83.5 Å². The summed E-state index contributed by atoms with van der Waals surface area (Å²) in [4.78, 5) is 25.5. The van der Waals surface area contributed by atoms with Gasteiger partial charge in [-0.1, -0.05) is 93.2 Å². The van der Waals surface area contributed by atoms with E-state index in [1.807, 2.05) is 19.1 Å². The highest BCUT2D eigenvalue weighted by atomic mass is 16.7. The molecule has 0 radical (unpaired) electrons. The van der Waals surface area contributed by atoms with Crippen LogP contribution in [0.3, 0.4) is 0 Å². The van der Waals surface area contributed by atoms with Gasteiger partial charge in [0.15, 0.2) is 18.7 Å². The van der Waals surface area contributed by atoms with Crippen LogP contribution in [-0.2, 0) is 38.0 Å². The van der Waals surface area contributed by atoms with Crippen molar-refractivity contribution in [1.29, 1.82) is 0 Å². The van der Waals surface area contributed by atoms with Crippen molar-refractivity contribution in [2.75, 3.05) is 26.4 Å². The van der Waals surface area contributed by atoms with Crippen molar-refractivity contribution in [2.45, 2.75) is 184 Å². The van der Waals surface area contributed by atoms with Gasteiger partial charge in [-0.25, -0.2) is 0 Å². The van der Waals surface area contributed by atoms with Crippen molar-refractivity contribution in [3.63, 3.8) is 0 Å². The Morgan fingerprint density at radius 2 is 1.08 bits per heavy atom. The fourth-order valence-corrected chi connectivity index (χ4v) is 6.54. The highest BCUT2D eigenvalue weighted by molar-refractivity contribution is 5.70. The van der Waals surface area contributed by atoms with Crippen LogP contribution in [0.5, 0.6) is 0 Å². The smallest absolute Gasteiger partial charge is 0.306 e. The number of hydrogen-bond donors (Lipinski definition) is 7. The topological polar surface area (TPSA) is 231 Å². The third-order valence-electron chi connectivity index (χ3n) is 10.2. The monoisotopic (exact) mass is 855 g/mol. The van der Waals surface area contributed by atoms with E-state index in [2.05, 4.69) is 49.1 Å². The number of aliphatic hydroxyl groups is 7. The summed E-state index contributed by atoms with van der Waals surface area (Å²) in [5.41, 5.74) is 0. The molecule has 2 aliphatic heterocycles. The molecule has 0 spiro atoms. The zero-order valence-corrected chi connectivity index (χ0v) is 35.5. The van der Waals surface area contributed by atoms with Gasteiger partial charge in [0.05, 0.1) is 19.8 Å². The quantitative estimate of drug-likeness (QED) is 0.0287. The Kier molecular flexibility index (Phi) is 29.2. The number of ether oxygens (including phenoxy) is 6. The Hall–Kier alpha value is -2.80. The van der Waals surface area contributed by atoms with Gasteiger partial charge >= 0.3 is 11.9 Å². The molecule has 344 valence electrons. The van der Waals surface area contributed by atoms with Gasteiger partial charge in [-0.15, -0.1) is 6.58 Å². The average molecular weight is 855 g/mol. The first-order valence-corrected chi connectivity index (χ1v) is 21.8. The first-order valence-electron chi connectivity index (χ1n) is 21.8. The van der Waals surface area contributed by atoms with Crippen molar-refractivity contribution in [3.8, 4) is 0 Å². The van der Waals surface area contributed by atoms with Crippen molar-refractivity contribution in [1.82, 2.24) is 0 Å². The molecule has 2 rings (SSSR count). The van der Waals surface area contributed by atoms with Gasteiger partial charge in [-0.3, -0.25) is 9.59 Å². The summed E-state index contributed by atoms with van der Waals surface area (Å²) in [6.45, 7) is 3.75.